The molecule has 0 saturated heterocycles. The zero-order valence-corrected chi connectivity index (χ0v) is 20.8. The van der Waals surface area contributed by atoms with Gasteiger partial charge in [0.05, 0.1) is 13.7 Å². The maximum Gasteiger partial charge on any atom is 0.251 e. The molecular weight excluding hydrogens is 460 g/mol. The zero-order valence-electron chi connectivity index (χ0n) is 20.0. The third-order valence-corrected chi connectivity index (χ3v) is 6.42. The lowest BCUT2D eigenvalue weighted by Gasteiger charge is -2.12. The normalized spacial score (nSPS) is 10.8. The largest absolute Gasteiger partial charge is 0.497 e. The van der Waals surface area contributed by atoms with E-state index >= 15 is 0 Å². The number of nitrogens with zero attached hydrogens (tertiary/aromatic N) is 3. The fourth-order valence-corrected chi connectivity index (χ4v) is 4.43. The Hall–Kier alpha value is -3.62. The average molecular weight is 489 g/mol. The summed E-state index contributed by atoms with van der Waals surface area (Å²) in [7, 11) is 3.26. The summed E-state index contributed by atoms with van der Waals surface area (Å²) >= 11 is 1.57. The molecule has 35 heavy (non-hydrogen) atoms. The Morgan fingerprint density at radius 3 is 2.49 bits per heavy atom. The molecule has 1 heterocycles. The molecule has 8 heteroatoms. The Morgan fingerprint density at radius 1 is 1.00 bits per heavy atom. The minimum atomic E-state index is -0.114. The van der Waals surface area contributed by atoms with Crippen molar-refractivity contribution in [3.63, 3.8) is 0 Å². The minimum Gasteiger partial charge on any atom is -0.497 e. The van der Waals surface area contributed by atoms with E-state index in [2.05, 4.69) is 51.3 Å². The highest BCUT2D eigenvalue weighted by atomic mass is 32.2. The van der Waals surface area contributed by atoms with Gasteiger partial charge in [0, 0.05) is 36.2 Å². The van der Waals surface area contributed by atoms with Crippen LogP contribution in [-0.2, 0) is 10.5 Å². The van der Waals surface area contributed by atoms with E-state index in [4.69, 9.17) is 9.47 Å². The Bertz CT molecular complexity index is 1270. The van der Waals surface area contributed by atoms with Gasteiger partial charge in [0.15, 0.2) is 11.0 Å². The van der Waals surface area contributed by atoms with Crippen molar-refractivity contribution in [3.05, 3.63) is 89.5 Å². The molecule has 4 rings (SSSR count). The number of methoxy groups -OCH3 is 2. The molecule has 0 aliphatic rings. The number of aromatic nitrogens is 3. The summed E-state index contributed by atoms with van der Waals surface area (Å²) in [6.45, 7) is 3.01. The lowest BCUT2D eigenvalue weighted by Crippen LogP contribution is -2.26. The molecule has 0 radical (unpaired) electrons. The number of ether oxygens (including phenoxy) is 2. The van der Waals surface area contributed by atoms with Gasteiger partial charge in [-0.1, -0.05) is 53.7 Å². The third-order valence-electron chi connectivity index (χ3n) is 5.42. The summed E-state index contributed by atoms with van der Waals surface area (Å²) < 4.78 is 12.4. The van der Waals surface area contributed by atoms with E-state index < -0.39 is 0 Å². The van der Waals surface area contributed by atoms with Crippen LogP contribution in [0.3, 0.4) is 0 Å². The molecule has 7 nitrogen and oxygen atoms in total. The van der Waals surface area contributed by atoms with Crippen LogP contribution in [-0.4, -0.2) is 48.0 Å². The number of amides is 1. The van der Waals surface area contributed by atoms with E-state index in [-0.39, 0.29) is 5.91 Å². The topological polar surface area (TPSA) is 78.3 Å². The highest BCUT2D eigenvalue weighted by molar-refractivity contribution is 7.98. The molecule has 0 saturated carbocycles. The molecule has 180 valence electrons. The van der Waals surface area contributed by atoms with E-state index in [0.717, 1.165) is 33.5 Å². The van der Waals surface area contributed by atoms with Crippen LogP contribution in [0.2, 0.25) is 0 Å². The molecule has 0 atom stereocenters. The Balaban J connectivity index is 1.60. The fraction of sp³-hybridized carbons (Fsp3) is 0.222. The van der Waals surface area contributed by atoms with Crippen LogP contribution < -0.4 is 10.1 Å². The number of hydrogen-bond donors (Lipinski definition) is 1. The number of carbonyl (C=O) groups excluding carboxylic acids is 1. The first-order valence-electron chi connectivity index (χ1n) is 11.2. The highest BCUT2D eigenvalue weighted by Gasteiger charge is 2.17. The zero-order chi connectivity index (χ0) is 24.6. The fourth-order valence-electron chi connectivity index (χ4n) is 3.54. The SMILES string of the molecule is COCCNC(=O)c1cccc(CSc2nnc(-c3ccc(C)cc3)n2-c2ccc(OC)cc2)c1. The van der Waals surface area contributed by atoms with Crippen LogP contribution in [0.1, 0.15) is 21.5 Å². The van der Waals surface area contributed by atoms with Crippen LogP contribution in [0.5, 0.6) is 5.75 Å². The van der Waals surface area contributed by atoms with Crippen LogP contribution in [0.15, 0.2) is 78.0 Å². The lowest BCUT2D eigenvalue weighted by molar-refractivity contribution is 0.0937. The monoisotopic (exact) mass is 488 g/mol. The number of carbonyl (C=O) groups is 1. The molecule has 0 unspecified atom stereocenters. The van der Waals surface area contributed by atoms with Crippen molar-refractivity contribution in [2.75, 3.05) is 27.4 Å². The average Bonchev–Trinajstić information content (AvgIpc) is 3.32. The van der Waals surface area contributed by atoms with Crippen LogP contribution in [0, 0.1) is 6.92 Å². The highest BCUT2D eigenvalue weighted by Crippen LogP contribution is 2.30. The second-order valence-corrected chi connectivity index (χ2v) is 8.89. The lowest BCUT2D eigenvalue weighted by atomic mass is 10.1. The van der Waals surface area contributed by atoms with E-state index in [0.29, 0.717) is 24.5 Å². The van der Waals surface area contributed by atoms with Crippen molar-refractivity contribution in [2.45, 2.75) is 17.8 Å². The van der Waals surface area contributed by atoms with Gasteiger partial charge in [-0.15, -0.1) is 10.2 Å². The Kier molecular flexibility index (Phi) is 8.18. The quantitative estimate of drug-likeness (QED) is 0.252. The second kappa shape index (κ2) is 11.7. The first-order valence-corrected chi connectivity index (χ1v) is 12.2. The van der Waals surface area contributed by atoms with Crippen molar-refractivity contribution in [1.29, 1.82) is 0 Å². The van der Waals surface area contributed by atoms with E-state index in [1.165, 1.54) is 5.56 Å². The van der Waals surface area contributed by atoms with Crippen molar-refractivity contribution in [1.82, 2.24) is 20.1 Å². The standard InChI is InChI=1S/C27H28N4O3S/c1-19-7-9-21(10-8-19)25-29-30-27(31(25)23-11-13-24(34-3)14-12-23)35-18-20-5-4-6-22(17-20)26(32)28-15-16-33-2/h4-14,17H,15-16,18H2,1-3H3,(H,28,32). The molecule has 0 aliphatic heterocycles. The van der Waals surface area contributed by atoms with Gasteiger partial charge in [-0.3, -0.25) is 9.36 Å². The van der Waals surface area contributed by atoms with E-state index in [1.54, 1.807) is 26.0 Å². The number of rotatable bonds is 10. The summed E-state index contributed by atoms with van der Waals surface area (Å²) in [5.41, 5.74) is 4.76. The van der Waals surface area contributed by atoms with Gasteiger partial charge in [0.2, 0.25) is 0 Å². The predicted octanol–water partition coefficient (Wildman–Crippen LogP) is 4.92. The maximum atomic E-state index is 12.4. The van der Waals surface area contributed by atoms with Crippen LogP contribution in [0.25, 0.3) is 17.1 Å². The third kappa shape index (κ3) is 6.09. The molecule has 0 bridgehead atoms. The number of thioether (sulfide) groups is 1. The van der Waals surface area contributed by atoms with Crippen molar-refractivity contribution < 1.29 is 14.3 Å². The summed E-state index contributed by atoms with van der Waals surface area (Å²) in [6.07, 6.45) is 0. The van der Waals surface area contributed by atoms with Crippen LogP contribution >= 0.6 is 11.8 Å². The molecule has 0 aliphatic carbocycles. The number of benzene rings is 3. The summed E-state index contributed by atoms with van der Waals surface area (Å²) in [6, 6.07) is 23.7. The van der Waals surface area contributed by atoms with Crippen molar-refractivity contribution >= 4 is 17.7 Å². The number of nitrogens with one attached hydrogen (secondary N) is 1. The molecule has 1 amide bonds. The van der Waals surface area contributed by atoms with Gasteiger partial charge in [0.25, 0.3) is 5.91 Å². The molecule has 1 aromatic heterocycles. The molecule has 4 aromatic rings. The predicted molar refractivity (Wildman–Crippen MR) is 138 cm³/mol. The van der Waals surface area contributed by atoms with Gasteiger partial charge >= 0.3 is 0 Å². The van der Waals surface area contributed by atoms with Gasteiger partial charge < -0.3 is 14.8 Å². The Morgan fingerprint density at radius 2 is 1.77 bits per heavy atom. The number of hydrogen-bond acceptors (Lipinski definition) is 6. The molecule has 1 N–H and O–H groups in total. The molecular formula is C27H28N4O3S. The maximum absolute atomic E-state index is 12.4. The van der Waals surface area contributed by atoms with E-state index in [1.807, 2.05) is 48.5 Å². The molecule has 0 spiro atoms. The van der Waals surface area contributed by atoms with Crippen molar-refractivity contribution in [3.8, 4) is 22.8 Å². The second-order valence-electron chi connectivity index (χ2n) is 7.94. The molecule has 3 aromatic carbocycles. The van der Waals surface area contributed by atoms with Crippen molar-refractivity contribution in [2.24, 2.45) is 0 Å². The summed E-state index contributed by atoms with van der Waals surface area (Å²) in [5, 5.41) is 12.7. The van der Waals surface area contributed by atoms with Crippen LogP contribution in [0.4, 0.5) is 0 Å². The minimum absolute atomic E-state index is 0.114. The Labute approximate surface area is 209 Å². The first kappa shape index (κ1) is 24.5. The van der Waals surface area contributed by atoms with Gasteiger partial charge in [-0.25, -0.2) is 0 Å². The first-order chi connectivity index (χ1) is 17.1. The summed E-state index contributed by atoms with van der Waals surface area (Å²) in [4.78, 5) is 12.4. The van der Waals surface area contributed by atoms with Gasteiger partial charge in [-0.2, -0.15) is 0 Å². The van der Waals surface area contributed by atoms with Gasteiger partial charge in [0.1, 0.15) is 5.75 Å². The van der Waals surface area contributed by atoms with E-state index in [9.17, 15) is 4.79 Å². The molecule has 0 fully saturated rings. The smallest absolute Gasteiger partial charge is 0.251 e. The number of aryl methyl sites for hydroxylation is 1. The van der Waals surface area contributed by atoms with Gasteiger partial charge in [-0.05, 0) is 48.9 Å². The summed E-state index contributed by atoms with van der Waals surface area (Å²) in [5.74, 6) is 2.08.